The van der Waals surface area contributed by atoms with Crippen molar-refractivity contribution >= 4 is 128 Å². The van der Waals surface area contributed by atoms with Crippen molar-refractivity contribution in [3.05, 3.63) is 133 Å². The summed E-state index contributed by atoms with van der Waals surface area (Å²) in [6.45, 7) is 0. The first kappa shape index (κ1) is 32.1. The summed E-state index contributed by atoms with van der Waals surface area (Å²) in [5.74, 6) is 1.23. The third kappa shape index (κ3) is 4.74. The number of rotatable bonds is 4. The molecular formula is C45H22B4N4OS. The SMILES string of the molecule is [B]c1c([B])c(-c2nc(-c3ccccc3)nc(-c3ccc4c(c3)sc3ccccc34)n2)c([B])c(-n2c3ccccc3c3c4c(ccc32)oc2ccccc24)c1[B]. The van der Waals surface area contributed by atoms with Crippen molar-refractivity contribution < 1.29 is 4.42 Å². The highest BCUT2D eigenvalue weighted by Crippen LogP contribution is 2.41. The molecule has 4 aromatic heterocycles. The van der Waals surface area contributed by atoms with Crippen molar-refractivity contribution in [2.75, 3.05) is 0 Å². The van der Waals surface area contributed by atoms with Crippen LogP contribution in [0.1, 0.15) is 0 Å². The largest absolute Gasteiger partial charge is 0.456 e. The maximum Gasteiger partial charge on any atom is 0.164 e. The molecule has 11 aromatic rings. The van der Waals surface area contributed by atoms with E-state index in [1.165, 1.54) is 15.5 Å². The molecule has 11 rings (SSSR count). The third-order valence-electron chi connectivity index (χ3n) is 10.6. The number of hydrogen-bond donors (Lipinski definition) is 0. The molecule has 0 aliphatic rings. The van der Waals surface area contributed by atoms with E-state index in [0.29, 0.717) is 28.4 Å². The summed E-state index contributed by atoms with van der Waals surface area (Å²) in [4.78, 5) is 15.1. The maximum absolute atomic E-state index is 7.28. The third-order valence-corrected chi connectivity index (χ3v) is 11.7. The summed E-state index contributed by atoms with van der Waals surface area (Å²) in [5, 5.41) is 6.44. The summed E-state index contributed by atoms with van der Waals surface area (Å²) in [6.07, 6.45) is 0. The fourth-order valence-electron chi connectivity index (χ4n) is 8.01. The van der Waals surface area contributed by atoms with Gasteiger partial charge >= 0.3 is 0 Å². The van der Waals surface area contributed by atoms with E-state index in [1.54, 1.807) is 11.3 Å². The molecule has 55 heavy (non-hydrogen) atoms. The molecule has 0 unspecified atom stereocenters. The van der Waals surface area contributed by atoms with E-state index in [1.807, 2.05) is 84.9 Å². The molecule has 0 aliphatic heterocycles. The smallest absolute Gasteiger partial charge is 0.164 e. The Labute approximate surface area is 324 Å². The van der Waals surface area contributed by atoms with Gasteiger partial charge in [0.05, 0.1) is 11.0 Å². The Morgan fingerprint density at radius 1 is 0.455 bits per heavy atom. The maximum atomic E-state index is 7.28. The predicted octanol–water partition coefficient (Wildman–Crippen LogP) is 7.41. The van der Waals surface area contributed by atoms with Crippen LogP contribution in [-0.4, -0.2) is 50.9 Å². The molecule has 0 bridgehead atoms. The average Bonchev–Trinajstić information content (AvgIpc) is 3.90. The number of thiophene rings is 1. The molecule has 10 heteroatoms. The van der Waals surface area contributed by atoms with Gasteiger partial charge < -0.3 is 8.98 Å². The van der Waals surface area contributed by atoms with Gasteiger partial charge in [0.25, 0.3) is 0 Å². The molecular weight excluding hydrogens is 688 g/mol. The number of fused-ring (bicyclic) bond motifs is 10. The zero-order chi connectivity index (χ0) is 36.9. The fraction of sp³-hybridized carbons (Fsp3) is 0. The molecule has 8 radical (unpaired) electrons. The van der Waals surface area contributed by atoms with Gasteiger partial charge in [0, 0.05) is 64.1 Å². The number of nitrogens with zero attached hydrogens (tertiary/aromatic N) is 4. The molecule has 4 heterocycles. The second-order valence-electron chi connectivity index (χ2n) is 13.6. The lowest BCUT2D eigenvalue weighted by atomic mass is 9.65. The summed E-state index contributed by atoms with van der Waals surface area (Å²) in [7, 11) is 27.9. The van der Waals surface area contributed by atoms with Crippen LogP contribution in [0.3, 0.4) is 0 Å². The van der Waals surface area contributed by atoms with Crippen LogP contribution in [0.25, 0.3) is 104 Å². The Hall–Kier alpha value is -6.37. The van der Waals surface area contributed by atoms with E-state index < -0.39 is 0 Å². The highest BCUT2D eigenvalue weighted by atomic mass is 32.1. The van der Waals surface area contributed by atoms with Gasteiger partial charge in [0.15, 0.2) is 17.5 Å². The summed E-state index contributed by atoms with van der Waals surface area (Å²) in [5.41, 5.74) is 6.82. The van der Waals surface area contributed by atoms with Crippen molar-refractivity contribution in [1.82, 2.24) is 19.5 Å². The number of para-hydroxylation sites is 2. The molecule has 0 fully saturated rings. The fourth-order valence-corrected chi connectivity index (χ4v) is 9.16. The topological polar surface area (TPSA) is 56.7 Å². The second-order valence-corrected chi connectivity index (χ2v) is 14.7. The Morgan fingerprint density at radius 3 is 1.96 bits per heavy atom. The number of aromatic nitrogens is 4. The van der Waals surface area contributed by atoms with Crippen LogP contribution in [0.4, 0.5) is 0 Å². The van der Waals surface area contributed by atoms with Gasteiger partial charge in [-0.05, 0) is 36.4 Å². The Bertz CT molecular complexity index is 3390. The highest BCUT2D eigenvalue weighted by Gasteiger charge is 2.24. The average molecular weight is 710 g/mol. The lowest BCUT2D eigenvalue weighted by molar-refractivity contribution is 0.669. The standard InChI is InChI=1S/C45H22B4N4OS/c46-38-37(45-51-43(23-10-2-1-3-11-23)50-44(52-45)24-18-19-26-25-12-6-9-17-33(25)55-34(26)22-24)39(47)42(41(49)40(38)48)53-29-15-7-4-13-27(29)35-30(53)20-21-32-36(35)28-14-5-8-16-31(28)54-32/h1-22H. The van der Waals surface area contributed by atoms with E-state index in [-0.39, 0.29) is 22.2 Å². The van der Waals surface area contributed by atoms with Crippen LogP contribution in [0, 0.1) is 0 Å². The van der Waals surface area contributed by atoms with Gasteiger partial charge in [0.2, 0.25) is 0 Å². The van der Waals surface area contributed by atoms with Crippen LogP contribution in [0.5, 0.6) is 0 Å². The minimum atomic E-state index is 0.190. The summed E-state index contributed by atoms with van der Waals surface area (Å²) in [6, 6.07) is 44.7. The van der Waals surface area contributed by atoms with Crippen molar-refractivity contribution in [3.63, 3.8) is 0 Å². The highest BCUT2D eigenvalue weighted by molar-refractivity contribution is 7.25. The van der Waals surface area contributed by atoms with E-state index >= 15 is 0 Å². The monoisotopic (exact) mass is 710 g/mol. The minimum Gasteiger partial charge on any atom is -0.456 e. The van der Waals surface area contributed by atoms with Gasteiger partial charge in [-0.25, -0.2) is 15.0 Å². The van der Waals surface area contributed by atoms with Crippen molar-refractivity contribution in [2.45, 2.75) is 0 Å². The van der Waals surface area contributed by atoms with Crippen LogP contribution in [-0.2, 0) is 0 Å². The Morgan fingerprint density at radius 2 is 1.13 bits per heavy atom. The Kier molecular flexibility index (Phi) is 7.04. The van der Waals surface area contributed by atoms with Gasteiger partial charge in [-0.3, -0.25) is 0 Å². The zero-order valence-corrected chi connectivity index (χ0v) is 29.9. The van der Waals surface area contributed by atoms with E-state index in [9.17, 15) is 0 Å². The molecule has 246 valence electrons. The van der Waals surface area contributed by atoms with Crippen LogP contribution < -0.4 is 21.9 Å². The summed E-state index contributed by atoms with van der Waals surface area (Å²) >= 11 is 1.73. The van der Waals surface area contributed by atoms with Gasteiger partial charge in [-0.2, -0.15) is 0 Å². The first-order valence-electron chi connectivity index (χ1n) is 17.8. The molecule has 0 saturated carbocycles. The normalized spacial score (nSPS) is 11.9. The lowest BCUT2D eigenvalue weighted by Gasteiger charge is -2.24. The minimum absolute atomic E-state index is 0.190. The quantitative estimate of drug-likeness (QED) is 0.179. The zero-order valence-electron chi connectivity index (χ0n) is 29.1. The lowest BCUT2D eigenvalue weighted by Crippen LogP contribution is -2.47. The van der Waals surface area contributed by atoms with Crippen molar-refractivity contribution in [2.24, 2.45) is 0 Å². The van der Waals surface area contributed by atoms with Crippen LogP contribution in [0.15, 0.2) is 138 Å². The molecule has 0 spiro atoms. The molecule has 5 nitrogen and oxygen atoms in total. The second kappa shape index (κ2) is 12.1. The van der Waals surface area contributed by atoms with Crippen molar-refractivity contribution in [1.29, 1.82) is 0 Å². The van der Waals surface area contributed by atoms with Gasteiger partial charge in [0.1, 0.15) is 42.6 Å². The molecule has 0 amide bonds. The van der Waals surface area contributed by atoms with Crippen LogP contribution >= 0.6 is 11.3 Å². The summed E-state index contributed by atoms with van der Waals surface area (Å²) < 4.78 is 10.7. The number of furan rings is 1. The van der Waals surface area contributed by atoms with E-state index in [4.69, 9.17) is 50.8 Å². The van der Waals surface area contributed by atoms with Gasteiger partial charge in [-0.15, -0.1) is 16.8 Å². The van der Waals surface area contributed by atoms with E-state index in [0.717, 1.165) is 59.6 Å². The molecule has 0 N–H and O–H groups in total. The molecule has 0 atom stereocenters. The Balaban J connectivity index is 1.19. The van der Waals surface area contributed by atoms with E-state index in [2.05, 4.69) is 53.1 Å². The van der Waals surface area contributed by atoms with Gasteiger partial charge in [-0.1, -0.05) is 113 Å². The number of benzene rings is 7. The van der Waals surface area contributed by atoms with Crippen LogP contribution in [0.2, 0.25) is 0 Å². The molecule has 0 aliphatic carbocycles. The van der Waals surface area contributed by atoms with Crippen molar-refractivity contribution in [3.8, 4) is 39.9 Å². The predicted molar refractivity (Wildman–Crippen MR) is 232 cm³/mol. The first-order valence-corrected chi connectivity index (χ1v) is 18.6. The first-order chi connectivity index (χ1) is 26.9. The number of hydrogen-bond acceptors (Lipinski definition) is 5. The molecule has 0 saturated heterocycles. The molecule has 7 aromatic carbocycles.